The van der Waals surface area contributed by atoms with Gasteiger partial charge in [-0.15, -0.1) is 0 Å². The van der Waals surface area contributed by atoms with E-state index in [1.165, 1.54) is 25.3 Å². The number of halogens is 1. The number of pyridine rings is 1. The molecule has 0 bridgehead atoms. The average molecular weight is 392 g/mol. The van der Waals surface area contributed by atoms with Crippen molar-refractivity contribution in [2.45, 2.75) is 33.1 Å². The molecule has 1 aromatic heterocycles. The molecule has 150 valence electrons. The molecule has 0 spiro atoms. The number of urea groups is 1. The molecule has 0 radical (unpaired) electrons. The van der Waals surface area contributed by atoms with Crippen LogP contribution in [0.3, 0.4) is 0 Å². The van der Waals surface area contributed by atoms with Gasteiger partial charge < -0.3 is 15.5 Å². The van der Waals surface area contributed by atoms with E-state index in [0.717, 1.165) is 35.4 Å². The minimum atomic E-state index is -0.414. The lowest BCUT2D eigenvalue weighted by Crippen LogP contribution is -2.30. The maximum atomic E-state index is 13.7. The lowest BCUT2D eigenvalue weighted by Gasteiger charge is -2.28. The first-order chi connectivity index (χ1) is 14.0. The Kier molecular flexibility index (Phi) is 5.34. The normalized spacial score (nSPS) is 14.1. The van der Waals surface area contributed by atoms with Gasteiger partial charge in [-0.25, -0.2) is 14.2 Å². The highest BCUT2D eigenvalue weighted by Crippen LogP contribution is 2.27. The van der Waals surface area contributed by atoms with Crippen LogP contribution < -0.4 is 15.5 Å². The molecule has 0 unspecified atom stereocenters. The zero-order chi connectivity index (χ0) is 20.4. The molecule has 2 heterocycles. The molecule has 29 heavy (non-hydrogen) atoms. The molecule has 1 saturated heterocycles. The van der Waals surface area contributed by atoms with Crippen molar-refractivity contribution in [1.82, 2.24) is 4.98 Å². The molecule has 0 atom stereocenters. The van der Waals surface area contributed by atoms with E-state index in [1.807, 2.05) is 18.2 Å². The second-order valence-corrected chi connectivity index (χ2v) is 7.62. The van der Waals surface area contributed by atoms with E-state index in [2.05, 4.69) is 28.5 Å². The van der Waals surface area contributed by atoms with Crippen LogP contribution in [0, 0.1) is 19.7 Å². The van der Waals surface area contributed by atoms with Gasteiger partial charge in [0.1, 0.15) is 11.6 Å². The van der Waals surface area contributed by atoms with Gasteiger partial charge in [0, 0.05) is 29.9 Å². The zero-order valence-electron chi connectivity index (χ0n) is 16.8. The molecule has 2 N–H and O–H groups in total. The minimum absolute atomic E-state index is 0.347. The Hall–Kier alpha value is -3.15. The van der Waals surface area contributed by atoms with Crippen LogP contribution in [0.2, 0.25) is 0 Å². The first kappa shape index (κ1) is 19.2. The lowest BCUT2D eigenvalue weighted by molar-refractivity contribution is 0.262. The number of carbonyl (C=O) groups is 1. The zero-order valence-corrected chi connectivity index (χ0v) is 16.8. The smallest absolute Gasteiger partial charge is 0.323 e. The van der Waals surface area contributed by atoms with Gasteiger partial charge >= 0.3 is 6.03 Å². The SMILES string of the molecule is Cc1ccc(NC(=O)Nc2ccc3nc(N4CCCCC4)cc(C)c3c2)cc1F. The van der Waals surface area contributed by atoms with Gasteiger partial charge in [0.2, 0.25) is 0 Å². The molecular weight excluding hydrogens is 367 g/mol. The number of aromatic nitrogens is 1. The predicted molar refractivity (Wildman–Crippen MR) is 116 cm³/mol. The van der Waals surface area contributed by atoms with Crippen LogP contribution in [-0.2, 0) is 0 Å². The number of fused-ring (bicyclic) bond motifs is 1. The third-order valence-electron chi connectivity index (χ3n) is 5.37. The van der Waals surface area contributed by atoms with Gasteiger partial charge in [-0.05, 0) is 80.6 Å². The first-order valence-electron chi connectivity index (χ1n) is 10.00. The summed E-state index contributed by atoms with van der Waals surface area (Å²) in [6.07, 6.45) is 3.71. The maximum absolute atomic E-state index is 13.7. The molecule has 1 fully saturated rings. The van der Waals surface area contributed by atoms with Crippen LogP contribution in [0.15, 0.2) is 42.5 Å². The average Bonchev–Trinajstić information content (AvgIpc) is 2.71. The standard InChI is InChI=1S/C23H25FN4O/c1-15-6-7-18(14-20(15)24)26-23(29)25-17-8-9-21-19(13-17)16(2)12-22(27-21)28-10-4-3-5-11-28/h6-9,12-14H,3-5,10-11H2,1-2H3,(H2,25,26,29). The van der Waals surface area contributed by atoms with Crippen LogP contribution in [-0.4, -0.2) is 24.1 Å². The number of rotatable bonds is 3. The fourth-order valence-corrected chi connectivity index (χ4v) is 3.70. The third kappa shape index (κ3) is 4.31. The highest BCUT2D eigenvalue weighted by molar-refractivity contribution is 6.01. The number of hydrogen-bond acceptors (Lipinski definition) is 3. The van der Waals surface area contributed by atoms with Crippen LogP contribution in [0.1, 0.15) is 30.4 Å². The van der Waals surface area contributed by atoms with E-state index < -0.39 is 6.03 Å². The predicted octanol–water partition coefficient (Wildman–Crippen LogP) is 5.63. The molecule has 1 aliphatic heterocycles. The van der Waals surface area contributed by atoms with Crippen molar-refractivity contribution in [2.24, 2.45) is 0 Å². The fourth-order valence-electron chi connectivity index (χ4n) is 3.70. The Morgan fingerprint density at radius 1 is 0.931 bits per heavy atom. The Balaban J connectivity index is 1.51. The van der Waals surface area contributed by atoms with Crippen molar-refractivity contribution in [1.29, 1.82) is 0 Å². The Morgan fingerprint density at radius 2 is 1.62 bits per heavy atom. The Labute approximate surface area is 169 Å². The summed E-state index contributed by atoms with van der Waals surface area (Å²) in [6, 6.07) is 12.0. The summed E-state index contributed by atoms with van der Waals surface area (Å²) >= 11 is 0. The van der Waals surface area contributed by atoms with Crippen LogP contribution in [0.25, 0.3) is 10.9 Å². The van der Waals surface area contributed by atoms with Crippen molar-refractivity contribution in [3.05, 3.63) is 59.4 Å². The van der Waals surface area contributed by atoms with E-state index in [0.29, 0.717) is 16.9 Å². The summed E-state index contributed by atoms with van der Waals surface area (Å²) in [5, 5.41) is 6.48. The first-order valence-corrected chi connectivity index (χ1v) is 10.00. The topological polar surface area (TPSA) is 57.3 Å². The van der Waals surface area contributed by atoms with Crippen molar-refractivity contribution in [3.8, 4) is 0 Å². The van der Waals surface area contributed by atoms with E-state index >= 15 is 0 Å². The second kappa shape index (κ2) is 8.07. The molecular formula is C23H25FN4O. The molecule has 4 rings (SSSR count). The molecule has 0 aliphatic carbocycles. The van der Waals surface area contributed by atoms with Gasteiger partial charge in [-0.2, -0.15) is 0 Å². The minimum Gasteiger partial charge on any atom is -0.357 e. The highest BCUT2D eigenvalue weighted by atomic mass is 19.1. The number of aryl methyl sites for hydroxylation is 2. The molecule has 0 saturated carbocycles. The summed E-state index contributed by atoms with van der Waals surface area (Å²) in [7, 11) is 0. The lowest BCUT2D eigenvalue weighted by atomic mass is 10.1. The highest BCUT2D eigenvalue weighted by Gasteiger charge is 2.14. The largest absolute Gasteiger partial charge is 0.357 e. The van der Waals surface area contributed by atoms with E-state index in [4.69, 9.17) is 4.98 Å². The van der Waals surface area contributed by atoms with Gasteiger partial charge in [0.25, 0.3) is 0 Å². The van der Waals surface area contributed by atoms with Crippen molar-refractivity contribution in [3.63, 3.8) is 0 Å². The Morgan fingerprint density at radius 3 is 2.34 bits per heavy atom. The number of carbonyl (C=O) groups excluding carboxylic acids is 1. The van der Waals surface area contributed by atoms with Crippen LogP contribution >= 0.6 is 0 Å². The summed E-state index contributed by atoms with van der Waals surface area (Å²) in [5.74, 6) is 0.675. The summed E-state index contributed by atoms with van der Waals surface area (Å²) in [4.78, 5) is 19.5. The van der Waals surface area contributed by atoms with Crippen molar-refractivity contribution < 1.29 is 9.18 Å². The number of nitrogens with one attached hydrogen (secondary N) is 2. The van der Waals surface area contributed by atoms with Gasteiger partial charge in [-0.1, -0.05) is 6.07 Å². The third-order valence-corrected chi connectivity index (χ3v) is 5.37. The molecule has 1 aliphatic rings. The maximum Gasteiger partial charge on any atom is 0.323 e. The molecule has 2 amide bonds. The molecule has 2 aromatic carbocycles. The van der Waals surface area contributed by atoms with Gasteiger partial charge in [-0.3, -0.25) is 0 Å². The van der Waals surface area contributed by atoms with E-state index in [9.17, 15) is 9.18 Å². The summed E-state index contributed by atoms with van der Waals surface area (Å²) in [5.41, 5.74) is 3.66. The Bertz CT molecular complexity index is 1060. The number of anilines is 3. The molecule has 5 nitrogen and oxygen atoms in total. The van der Waals surface area contributed by atoms with Gasteiger partial charge in [0.15, 0.2) is 0 Å². The number of benzene rings is 2. The number of hydrogen-bond donors (Lipinski definition) is 2. The van der Waals surface area contributed by atoms with Crippen molar-refractivity contribution >= 4 is 34.1 Å². The van der Waals surface area contributed by atoms with Gasteiger partial charge in [0.05, 0.1) is 5.52 Å². The number of amides is 2. The number of nitrogens with zero attached hydrogens (tertiary/aromatic N) is 2. The van der Waals surface area contributed by atoms with E-state index in [1.54, 1.807) is 19.1 Å². The number of piperidine rings is 1. The van der Waals surface area contributed by atoms with Crippen LogP contribution in [0.5, 0.6) is 0 Å². The molecule has 6 heteroatoms. The van der Waals surface area contributed by atoms with Crippen LogP contribution in [0.4, 0.5) is 26.4 Å². The fraction of sp³-hybridized carbons (Fsp3) is 0.304. The quantitative estimate of drug-likeness (QED) is 0.608. The molecule has 3 aromatic rings. The summed E-state index contributed by atoms with van der Waals surface area (Å²) < 4.78 is 13.7. The van der Waals surface area contributed by atoms with Crippen molar-refractivity contribution in [2.75, 3.05) is 28.6 Å². The monoisotopic (exact) mass is 392 g/mol. The second-order valence-electron chi connectivity index (χ2n) is 7.62. The van der Waals surface area contributed by atoms with E-state index in [-0.39, 0.29) is 5.82 Å². The summed E-state index contributed by atoms with van der Waals surface area (Å²) in [6.45, 7) is 5.85.